The van der Waals surface area contributed by atoms with Crippen LogP contribution in [0.25, 0.3) is 0 Å². The van der Waals surface area contributed by atoms with Gasteiger partial charge in [0, 0.05) is 11.8 Å². The third kappa shape index (κ3) is 2.30. The molecule has 2 aromatic rings. The Bertz CT molecular complexity index is 511. The third-order valence-electron chi connectivity index (χ3n) is 2.30. The minimum atomic E-state index is -0.288. The fourth-order valence-corrected chi connectivity index (χ4v) is 1.87. The van der Waals surface area contributed by atoms with Crippen LogP contribution >= 0.6 is 11.5 Å². The summed E-state index contributed by atoms with van der Waals surface area (Å²) in [6.07, 6.45) is 0.234. The van der Waals surface area contributed by atoms with E-state index in [0.717, 1.165) is 22.7 Å². The molecule has 1 aromatic carbocycles. The standard InChI is InChI=1S/C11H9FN2OS/c1-7-4-9(12)3-2-8(7)5-11(15)10-6-16-14-13-10/h2-4,6H,5H2,1H3. The molecule has 0 saturated carbocycles. The largest absolute Gasteiger partial charge is 0.292 e. The molecule has 16 heavy (non-hydrogen) atoms. The quantitative estimate of drug-likeness (QED) is 0.768. The van der Waals surface area contributed by atoms with Gasteiger partial charge >= 0.3 is 0 Å². The van der Waals surface area contributed by atoms with E-state index in [0.29, 0.717) is 5.69 Å². The lowest BCUT2D eigenvalue weighted by molar-refractivity contribution is 0.0988. The Labute approximate surface area is 96.1 Å². The number of aromatic nitrogens is 2. The summed E-state index contributed by atoms with van der Waals surface area (Å²) in [7, 11) is 0. The number of carbonyl (C=O) groups excluding carboxylic acids is 1. The lowest BCUT2D eigenvalue weighted by Crippen LogP contribution is -2.05. The zero-order valence-corrected chi connectivity index (χ0v) is 9.42. The molecule has 0 N–H and O–H groups in total. The van der Waals surface area contributed by atoms with E-state index in [1.54, 1.807) is 18.4 Å². The highest BCUT2D eigenvalue weighted by Crippen LogP contribution is 2.13. The van der Waals surface area contributed by atoms with Gasteiger partial charge in [0.1, 0.15) is 11.5 Å². The average molecular weight is 236 g/mol. The molecule has 0 spiro atoms. The minimum Gasteiger partial charge on any atom is -0.292 e. The van der Waals surface area contributed by atoms with Gasteiger partial charge in [0.2, 0.25) is 0 Å². The molecule has 5 heteroatoms. The van der Waals surface area contributed by atoms with Crippen molar-refractivity contribution in [3.05, 3.63) is 46.2 Å². The van der Waals surface area contributed by atoms with Crippen molar-refractivity contribution in [3.8, 4) is 0 Å². The number of hydrogen-bond acceptors (Lipinski definition) is 4. The van der Waals surface area contributed by atoms with Crippen LogP contribution in [-0.4, -0.2) is 15.4 Å². The molecule has 0 amide bonds. The fraction of sp³-hybridized carbons (Fsp3) is 0.182. The van der Waals surface area contributed by atoms with E-state index >= 15 is 0 Å². The maximum Gasteiger partial charge on any atom is 0.188 e. The Balaban J connectivity index is 2.18. The molecule has 0 fully saturated rings. The molecule has 3 nitrogen and oxygen atoms in total. The number of Topliss-reactive ketones (excluding diaryl/α,β-unsaturated/α-hetero) is 1. The second-order valence-corrected chi connectivity index (χ2v) is 4.07. The van der Waals surface area contributed by atoms with Crippen molar-refractivity contribution in [3.63, 3.8) is 0 Å². The van der Waals surface area contributed by atoms with Crippen molar-refractivity contribution in [1.82, 2.24) is 9.59 Å². The highest BCUT2D eigenvalue weighted by atomic mass is 32.1. The summed E-state index contributed by atoms with van der Waals surface area (Å²) in [5, 5.41) is 5.32. The molecule has 0 atom stereocenters. The Morgan fingerprint density at radius 3 is 2.94 bits per heavy atom. The predicted molar refractivity (Wildman–Crippen MR) is 59.1 cm³/mol. The Morgan fingerprint density at radius 2 is 2.31 bits per heavy atom. The van der Waals surface area contributed by atoms with Crippen LogP contribution in [0.1, 0.15) is 21.6 Å². The molecule has 0 radical (unpaired) electrons. The van der Waals surface area contributed by atoms with Gasteiger partial charge in [-0.15, -0.1) is 5.10 Å². The highest BCUT2D eigenvalue weighted by Gasteiger charge is 2.11. The van der Waals surface area contributed by atoms with E-state index in [9.17, 15) is 9.18 Å². The number of benzene rings is 1. The van der Waals surface area contributed by atoms with Crippen LogP contribution in [0.3, 0.4) is 0 Å². The number of ketones is 1. The van der Waals surface area contributed by atoms with Gasteiger partial charge in [-0.3, -0.25) is 4.79 Å². The molecule has 2 rings (SSSR count). The molecular weight excluding hydrogens is 227 g/mol. The van der Waals surface area contributed by atoms with Gasteiger partial charge in [-0.25, -0.2) is 4.39 Å². The molecular formula is C11H9FN2OS. The molecule has 0 aliphatic heterocycles. The van der Waals surface area contributed by atoms with Crippen LogP contribution < -0.4 is 0 Å². The van der Waals surface area contributed by atoms with Gasteiger partial charge in [0.15, 0.2) is 5.78 Å². The second-order valence-electron chi connectivity index (χ2n) is 3.46. The molecule has 0 aliphatic carbocycles. The number of rotatable bonds is 3. The molecule has 1 heterocycles. The van der Waals surface area contributed by atoms with E-state index in [-0.39, 0.29) is 18.0 Å². The maximum atomic E-state index is 12.9. The zero-order valence-electron chi connectivity index (χ0n) is 8.61. The Kier molecular flexibility index (Phi) is 3.05. The van der Waals surface area contributed by atoms with Gasteiger partial charge in [-0.2, -0.15) is 0 Å². The van der Waals surface area contributed by atoms with Gasteiger partial charge < -0.3 is 0 Å². The molecule has 0 aliphatic rings. The van der Waals surface area contributed by atoms with E-state index < -0.39 is 0 Å². The third-order valence-corrected chi connectivity index (χ3v) is 2.81. The van der Waals surface area contributed by atoms with E-state index in [1.165, 1.54) is 12.1 Å². The summed E-state index contributed by atoms with van der Waals surface area (Å²) in [5.74, 6) is -0.382. The topological polar surface area (TPSA) is 42.9 Å². The summed E-state index contributed by atoms with van der Waals surface area (Å²) in [4.78, 5) is 11.7. The lowest BCUT2D eigenvalue weighted by atomic mass is 10.0. The van der Waals surface area contributed by atoms with Crippen molar-refractivity contribution < 1.29 is 9.18 Å². The van der Waals surface area contributed by atoms with Crippen LogP contribution in [0, 0.1) is 12.7 Å². The number of hydrogen-bond donors (Lipinski definition) is 0. The van der Waals surface area contributed by atoms with Gasteiger partial charge in [-0.05, 0) is 41.7 Å². The first-order valence-electron chi connectivity index (χ1n) is 4.72. The number of halogens is 1. The second kappa shape index (κ2) is 4.49. The predicted octanol–water partition coefficient (Wildman–Crippen LogP) is 2.41. The van der Waals surface area contributed by atoms with E-state index in [1.807, 2.05) is 0 Å². The van der Waals surface area contributed by atoms with Crippen LogP contribution in [-0.2, 0) is 6.42 Å². The van der Waals surface area contributed by atoms with Gasteiger partial charge in [-0.1, -0.05) is 10.6 Å². The van der Waals surface area contributed by atoms with E-state index in [4.69, 9.17) is 0 Å². The maximum absolute atomic E-state index is 12.9. The summed E-state index contributed by atoms with van der Waals surface area (Å²) in [6.45, 7) is 1.78. The lowest BCUT2D eigenvalue weighted by Gasteiger charge is -2.03. The number of nitrogens with zero attached hydrogens (tertiary/aromatic N) is 2. The Morgan fingerprint density at radius 1 is 1.50 bits per heavy atom. The minimum absolute atomic E-state index is 0.0940. The monoisotopic (exact) mass is 236 g/mol. The van der Waals surface area contributed by atoms with Gasteiger partial charge in [0.05, 0.1) is 0 Å². The molecule has 1 aromatic heterocycles. The van der Waals surface area contributed by atoms with Crippen molar-refractivity contribution in [2.45, 2.75) is 13.3 Å². The summed E-state index contributed by atoms with van der Waals surface area (Å²) >= 11 is 1.14. The van der Waals surface area contributed by atoms with E-state index in [2.05, 4.69) is 9.59 Å². The van der Waals surface area contributed by atoms with Crippen LogP contribution in [0.5, 0.6) is 0 Å². The van der Waals surface area contributed by atoms with Crippen molar-refractivity contribution in [2.24, 2.45) is 0 Å². The zero-order chi connectivity index (χ0) is 11.5. The molecule has 82 valence electrons. The SMILES string of the molecule is Cc1cc(F)ccc1CC(=O)c1csnn1. The first kappa shape index (κ1) is 10.9. The normalized spacial score (nSPS) is 10.4. The van der Waals surface area contributed by atoms with Crippen molar-refractivity contribution >= 4 is 17.3 Å². The Hall–Kier alpha value is -1.62. The smallest absolute Gasteiger partial charge is 0.188 e. The first-order chi connectivity index (χ1) is 7.66. The fourth-order valence-electron chi connectivity index (χ4n) is 1.41. The summed E-state index contributed by atoms with van der Waals surface area (Å²) in [6, 6.07) is 4.40. The average Bonchev–Trinajstić information content (AvgIpc) is 2.75. The van der Waals surface area contributed by atoms with Crippen LogP contribution in [0.15, 0.2) is 23.6 Å². The first-order valence-corrected chi connectivity index (χ1v) is 5.56. The van der Waals surface area contributed by atoms with Crippen molar-refractivity contribution in [1.29, 1.82) is 0 Å². The van der Waals surface area contributed by atoms with Crippen LogP contribution in [0.4, 0.5) is 4.39 Å². The number of aryl methyl sites for hydroxylation is 1. The molecule has 0 saturated heterocycles. The van der Waals surface area contributed by atoms with Gasteiger partial charge in [0.25, 0.3) is 0 Å². The summed E-state index contributed by atoms with van der Waals surface area (Å²) < 4.78 is 16.5. The highest BCUT2D eigenvalue weighted by molar-refractivity contribution is 7.03. The molecule has 0 bridgehead atoms. The number of carbonyl (C=O) groups is 1. The molecule has 0 unspecified atom stereocenters. The van der Waals surface area contributed by atoms with Crippen molar-refractivity contribution in [2.75, 3.05) is 0 Å². The summed E-state index contributed by atoms with van der Waals surface area (Å²) in [5.41, 5.74) is 1.96. The van der Waals surface area contributed by atoms with Crippen LogP contribution in [0.2, 0.25) is 0 Å².